The lowest BCUT2D eigenvalue weighted by Gasteiger charge is -2.17. The zero-order valence-corrected chi connectivity index (χ0v) is 13.5. The fourth-order valence-electron chi connectivity index (χ4n) is 2.29. The van der Waals surface area contributed by atoms with Crippen LogP contribution in [0, 0.1) is 6.92 Å². The maximum absolute atomic E-state index is 4.54. The summed E-state index contributed by atoms with van der Waals surface area (Å²) in [4.78, 5) is 7.43. The zero-order chi connectivity index (χ0) is 14.4. The highest BCUT2D eigenvalue weighted by Crippen LogP contribution is 2.26. The number of hydrogen-bond acceptors (Lipinski definition) is 3. The summed E-state index contributed by atoms with van der Waals surface area (Å²) in [5, 5.41) is 3.67. The topological polar surface area (TPSA) is 24.9 Å². The van der Waals surface area contributed by atoms with E-state index in [4.69, 9.17) is 0 Å². The molecular weight excluding hydrogens is 264 g/mol. The first-order valence-electron chi connectivity index (χ1n) is 7.47. The summed E-state index contributed by atoms with van der Waals surface area (Å²) < 4.78 is 0. The fraction of sp³-hybridized carbons (Fsp3) is 0.471. The van der Waals surface area contributed by atoms with Crippen LogP contribution in [-0.2, 0) is 12.8 Å². The Labute approximate surface area is 126 Å². The predicted octanol–water partition coefficient (Wildman–Crippen LogP) is 4.30. The normalized spacial score (nSPS) is 12.6. The number of rotatable bonds is 7. The van der Waals surface area contributed by atoms with Gasteiger partial charge in [-0.3, -0.25) is 4.98 Å². The molecule has 1 atom stereocenters. The van der Waals surface area contributed by atoms with Crippen molar-refractivity contribution < 1.29 is 0 Å². The molecule has 3 heteroatoms. The first kappa shape index (κ1) is 15.2. The Balaban J connectivity index is 2.17. The number of aryl methyl sites for hydroxylation is 2. The molecule has 0 spiro atoms. The Morgan fingerprint density at radius 3 is 2.75 bits per heavy atom. The van der Waals surface area contributed by atoms with Crippen molar-refractivity contribution in [3.8, 4) is 0 Å². The number of aromatic nitrogens is 1. The monoisotopic (exact) mass is 288 g/mol. The number of nitrogens with one attached hydrogen (secondary N) is 1. The first-order chi connectivity index (χ1) is 9.74. The summed E-state index contributed by atoms with van der Waals surface area (Å²) in [7, 11) is 0. The molecule has 0 aliphatic rings. The minimum atomic E-state index is 0.383. The lowest BCUT2D eigenvalue weighted by atomic mass is 10.1. The summed E-state index contributed by atoms with van der Waals surface area (Å²) in [6, 6.07) is 9.06. The molecule has 2 aromatic rings. The summed E-state index contributed by atoms with van der Waals surface area (Å²) in [6.45, 7) is 7.62. The number of nitrogens with zero attached hydrogens (tertiary/aromatic N) is 1. The van der Waals surface area contributed by atoms with Crippen LogP contribution in [0.1, 0.15) is 47.3 Å². The van der Waals surface area contributed by atoms with E-state index < -0.39 is 0 Å². The molecule has 0 amide bonds. The van der Waals surface area contributed by atoms with Crippen molar-refractivity contribution in [3.63, 3.8) is 0 Å². The number of pyridine rings is 1. The summed E-state index contributed by atoms with van der Waals surface area (Å²) in [5.41, 5.74) is 2.48. The SMILES string of the molecule is CCCNC(Cc1ncccc1C)c1ccc(CC)s1. The van der Waals surface area contributed by atoms with Crippen LogP contribution in [0.4, 0.5) is 0 Å². The Bertz CT molecular complexity index is 533. The summed E-state index contributed by atoms with van der Waals surface area (Å²) in [6.07, 6.45) is 5.14. The van der Waals surface area contributed by atoms with Crippen LogP contribution in [0.5, 0.6) is 0 Å². The second-order valence-electron chi connectivity index (χ2n) is 5.14. The molecule has 0 radical (unpaired) electrons. The first-order valence-corrected chi connectivity index (χ1v) is 8.28. The molecule has 1 N–H and O–H groups in total. The Hall–Kier alpha value is -1.19. The van der Waals surface area contributed by atoms with Gasteiger partial charge in [-0.1, -0.05) is 19.9 Å². The van der Waals surface area contributed by atoms with Crippen molar-refractivity contribution in [2.75, 3.05) is 6.54 Å². The highest BCUT2D eigenvalue weighted by atomic mass is 32.1. The van der Waals surface area contributed by atoms with E-state index in [-0.39, 0.29) is 0 Å². The van der Waals surface area contributed by atoms with Crippen molar-refractivity contribution in [3.05, 3.63) is 51.5 Å². The van der Waals surface area contributed by atoms with Gasteiger partial charge in [-0.2, -0.15) is 0 Å². The number of thiophene rings is 1. The van der Waals surface area contributed by atoms with Gasteiger partial charge >= 0.3 is 0 Å². The molecule has 2 aromatic heterocycles. The molecule has 0 saturated carbocycles. The van der Waals surface area contributed by atoms with Crippen molar-refractivity contribution in [2.45, 2.75) is 46.1 Å². The molecule has 0 aliphatic heterocycles. The highest BCUT2D eigenvalue weighted by molar-refractivity contribution is 7.12. The van der Waals surface area contributed by atoms with Gasteiger partial charge in [0, 0.05) is 34.1 Å². The Kier molecular flexibility index (Phi) is 5.74. The second-order valence-corrected chi connectivity index (χ2v) is 6.34. The van der Waals surface area contributed by atoms with Gasteiger partial charge in [0.2, 0.25) is 0 Å². The van der Waals surface area contributed by atoms with Crippen molar-refractivity contribution in [1.82, 2.24) is 10.3 Å². The third-order valence-electron chi connectivity index (χ3n) is 3.53. The molecule has 108 valence electrons. The molecule has 2 heterocycles. The van der Waals surface area contributed by atoms with Crippen LogP contribution in [0.15, 0.2) is 30.5 Å². The molecule has 1 unspecified atom stereocenters. The average Bonchev–Trinajstić information content (AvgIpc) is 2.94. The Morgan fingerprint density at radius 1 is 1.25 bits per heavy atom. The largest absolute Gasteiger partial charge is 0.309 e. The van der Waals surface area contributed by atoms with Gasteiger partial charge < -0.3 is 5.32 Å². The van der Waals surface area contributed by atoms with Gasteiger partial charge in [0.15, 0.2) is 0 Å². The van der Waals surface area contributed by atoms with Crippen LogP contribution in [0.25, 0.3) is 0 Å². The summed E-state index contributed by atoms with van der Waals surface area (Å²) in [5.74, 6) is 0. The standard InChI is InChI=1S/C17H24N2S/c1-4-10-18-16(17-9-8-14(5-2)20-17)12-15-13(3)7-6-11-19-15/h6-9,11,16,18H,4-5,10,12H2,1-3H3. The molecule has 0 aromatic carbocycles. The smallest absolute Gasteiger partial charge is 0.0471 e. The van der Waals surface area contributed by atoms with Gasteiger partial charge in [0.05, 0.1) is 0 Å². The molecule has 2 nitrogen and oxygen atoms in total. The molecule has 2 rings (SSSR count). The summed E-state index contributed by atoms with van der Waals surface area (Å²) >= 11 is 1.93. The van der Waals surface area contributed by atoms with E-state index in [1.807, 2.05) is 23.6 Å². The van der Waals surface area contributed by atoms with Gasteiger partial charge in [0.1, 0.15) is 0 Å². The third kappa shape index (κ3) is 3.90. The highest BCUT2D eigenvalue weighted by Gasteiger charge is 2.15. The van der Waals surface area contributed by atoms with Crippen molar-refractivity contribution in [2.24, 2.45) is 0 Å². The van der Waals surface area contributed by atoms with E-state index in [1.54, 1.807) is 0 Å². The van der Waals surface area contributed by atoms with E-state index in [2.05, 4.69) is 49.3 Å². The molecular formula is C17H24N2S. The lowest BCUT2D eigenvalue weighted by molar-refractivity contribution is 0.530. The van der Waals surface area contributed by atoms with Crippen LogP contribution in [-0.4, -0.2) is 11.5 Å². The lowest BCUT2D eigenvalue weighted by Crippen LogP contribution is -2.24. The molecule has 0 saturated heterocycles. The molecule has 0 bridgehead atoms. The van der Waals surface area contributed by atoms with Gasteiger partial charge in [-0.05, 0) is 50.1 Å². The molecule has 0 aliphatic carbocycles. The minimum absolute atomic E-state index is 0.383. The van der Waals surface area contributed by atoms with Crippen LogP contribution >= 0.6 is 11.3 Å². The predicted molar refractivity (Wildman–Crippen MR) is 87.4 cm³/mol. The fourth-order valence-corrected chi connectivity index (χ4v) is 3.32. The van der Waals surface area contributed by atoms with Crippen molar-refractivity contribution >= 4 is 11.3 Å². The Morgan fingerprint density at radius 2 is 2.10 bits per heavy atom. The van der Waals surface area contributed by atoms with Crippen LogP contribution in [0.2, 0.25) is 0 Å². The quantitative estimate of drug-likeness (QED) is 0.821. The van der Waals surface area contributed by atoms with E-state index >= 15 is 0 Å². The van der Waals surface area contributed by atoms with E-state index in [9.17, 15) is 0 Å². The van der Waals surface area contributed by atoms with E-state index in [0.29, 0.717) is 6.04 Å². The number of hydrogen-bond donors (Lipinski definition) is 1. The van der Waals surface area contributed by atoms with Gasteiger partial charge in [0.25, 0.3) is 0 Å². The molecule has 0 fully saturated rings. The van der Waals surface area contributed by atoms with E-state index in [0.717, 1.165) is 25.8 Å². The maximum atomic E-state index is 4.54. The maximum Gasteiger partial charge on any atom is 0.0471 e. The zero-order valence-electron chi connectivity index (χ0n) is 12.6. The molecule has 20 heavy (non-hydrogen) atoms. The third-order valence-corrected chi connectivity index (χ3v) is 4.87. The van der Waals surface area contributed by atoms with Gasteiger partial charge in [-0.25, -0.2) is 0 Å². The minimum Gasteiger partial charge on any atom is -0.309 e. The van der Waals surface area contributed by atoms with Crippen LogP contribution < -0.4 is 5.32 Å². The van der Waals surface area contributed by atoms with Crippen molar-refractivity contribution in [1.29, 1.82) is 0 Å². The second kappa shape index (κ2) is 7.55. The average molecular weight is 288 g/mol. The van der Waals surface area contributed by atoms with Gasteiger partial charge in [-0.15, -0.1) is 11.3 Å². The van der Waals surface area contributed by atoms with Crippen LogP contribution in [0.3, 0.4) is 0 Å². The van der Waals surface area contributed by atoms with E-state index in [1.165, 1.54) is 21.0 Å².